The molecule has 3 nitrogen and oxygen atoms in total. The Labute approximate surface area is 78.9 Å². The Bertz CT molecular complexity index is 269. The molecule has 0 bridgehead atoms. The maximum atomic E-state index is 11.5. The van der Waals surface area contributed by atoms with Gasteiger partial charge in [-0.05, 0) is 12.8 Å². The molecule has 1 N–H and O–H groups in total. The minimum atomic E-state index is 0. The maximum Gasteiger partial charge on any atom is 0.251 e. The van der Waals surface area contributed by atoms with Crippen molar-refractivity contribution in [2.45, 2.75) is 18.9 Å². The summed E-state index contributed by atoms with van der Waals surface area (Å²) in [5.41, 5.74) is 0.790. The van der Waals surface area contributed by atoms with E-state index in [1.54, 1.807) is 0 Å². The van der Waals surface area contributed by atoms with Gasteiger partial charge in [0, 0.05) is 7.00 Å². The Balaban J connectivity index is 0.000000980. The quantitative estimate of drug-likeness (QED) is 0.690. The van der Waals surface area contributed by atoms with Gasteiger partial charge in [0.2, 0.25) is 0 Å². The third-order valence-electron chi connectivity index (χ3n) is 2.23. The summed E-state index contributed by atoms with van der Waals surface area (Å²) < 4.78 is 4.97. The lowest BCUT2D eigenvalue weighted by Gasteiger charge is -2.27. The van der Waals surface area contributed by atoms with Gasteiger partial charge < -0.3 is 10.1 Å². The minimum absolute atomic E-state index is 0. The second-order valence-electron chi connectivity index (χ2n) is 3.35. The van der Waals surface area contributed by atoms with Gasteiger partial charge in [-0.15, -0.1) is 0 Å². The minimum Gasteiger partial charge on any atom is -0.377 e. The number of nitrogens with one attached hydrogen (secondary N) is 1. The molecule has 1 amide bonds. The van der Waals surface area contributed by atoms with Crippen molar-refractivity contribution >= 4 is 5.91 Å². The molecule has 72 valence electrons. The number of carbonyl (C=O) groups is 1. The van der Waals surface area contributed by atoms with E-state index >= 15 is 0 Å². The lowest BCUT2D eigenvalue weighted by molar-refractivity contribution is -0.121. The largest absolute Gasteiger partial charge is 0.377 e. The van der Waals surface area contributed by atoms with Crippen LogP contribution in [0.2, 0.25) is 0 Å². The smallest absolute Gasteiger partial charge is 0.251 e. The fraction of sp³-hybridized carbons (Fsp3) is 0.500. The average Bonchev–Trinajstić information content (AvgIpc) is 2.12. The summed E-state index contributed by atoms with van der Waals surface area (Å²) in [6, 6.07) is 0.226. The van der Waals surface area contributed by atoms with Crippen molar-refractivity contribution in [1.82, 2.24) is 5.32 Å². The zero-order chi connectivity index (χ0) is 9.10. The molecule has 0 radical (unpaired) electrons. The highest BCUT2D eigenvalue weighted by Gasteiger charge is 2.21. The molecule has 1 heterocycles. The fourth-order valence-corrected chi connectivity index (χ4v) is 1.37. The lowest BCUT2D eigenvalue weighted by Crippen LogP contribution is -2.48. The summed E-state index contributed by atoms with van der Waals surface area (Å²) in [6.07, 6.45) is 7.92. The molecule has 0 unspecified atom stereocenters. The first-order chi connectivity index (χ1) is 6.36. The van der Waals surface area contributed by atoms with Crippen molar-refractivity contribution < 1.29 is 11.0 Å². The van der Waals surface area contributed by atoms with E-state index in [2.05, 4.69) is 5.32 Å². The Kier molecular flexibility index (Phi) is 2.45. The van der Waals surface area contributed by atoms with Gasteiger partial charge in [-0.3, -0.25) is 4.79 Å². The second kappa shape index (κ2) is 3.75. The fourth-order valence-electron chi connectivity index (χ4n) is 1.37. The number of hydrogen-bond donors (Lipinski definition) is 1. The maximum absolute atomic E-state index is 11.5. The molecule has 1 aliphatic heterocycles. The number of rotatable bonds is 2. The van der Waals surface area contributed by atoms with Crippen LogP contribution < -0.4 is 5.32 Å². The van der Waals surface area contributed by atoms with Crippen molar-refractivity contribution in [2.24, 2.45) is 0 Å². The van der Waals surface area contributed by atoms with Crippen molar-refractivity contribution in [3.05, 3.63) is 23.8 Å². The summed E-state index contributed by atoms with van der Waals surface area (Å²) in [5.74, 6) is 0.0317. The van der Waals surface area contributed by atoms with Gasteiger partial charge in [0.15, 0.2) is 0 Å². The third kappa shape index (κ3) is 1.98. The van der Waals surface area contributed by atoms with Crippen LogP contribution in [0.5, 0.6) is 0 Å². The molecule has 0 aromatic rings. The van der Waals surface area contributed by atoms with Crippen LogP contribution in [0.1, 0.15) is 14.3 Å². The molecule has 3 heteroatoms. The number of amides is 1. The Morgan fingerprint density at radius 2 is 2.38 bits per heavy atom. The average molecular weight is 181 g/mol. The van der Waals surface area contributed by atoms with Crippen molar-refractivity contribution in [3.63, 3.8) is 0 Å². The molecule has 2 aliphatic rings. The molecule has 0 spiro atoms. The molecular weight excluding hydrogens is 166 g/mol. The topological polar surface area (TPSA) is 38.3 Å². The van der Waals surface area contributed by atoms with E-state index in [0.717, 1.165) is 18.4 Å². The third-order valence-corrected chi connectivity index (χ3v) is 2.23. The first-order valence-corrected chi connectivity index (χ1v) is 4.61. The van der Waals surface area contributed by atoms with E-state index in [0.29, 0.717) is 13.2 Å². The predicted octanol–water partition coefficient (Wildman–Crippen LogP) is 1.02. The van der Waals surface area contributed by atoms with Crippen LogP contribution in [0.15, 0.2) is 23.8 Å². The van der Waals surface area contributed by atoms with Crippen molar-refractivity contribution in [1.29, 1.82) is 0 Å². The molecule has 1 saturated heterocycles. The summed E-state index contributed by atoms with van der Waals surface area (Å²) in [5, 5.41) is 2.90. The van der Waals surface area contributed by atoms with Crippen LogP contribution in [0.4, 0.5) is 0 Å². The molecule has 0 aromatic heterocycles. The van der Waals surface area contributed by atoms with Crippen LogP contribution in [0.3, 0.4) is 0 Å². The van der Waals surface area contributed by atoms with E-state index < -0.39 is 0 Å². The summed E-state index contributed by atoms with van der Waals surface area (Å²) in [7, 11) is 0. The molecule has 0 aromatic carbocycles. The molecule has 0 atom stereocenters. The normalized spacial score (nSPS) is 22.0. The Hall–Kier alpha value is -1.09. The Morgan fingerprint density at radius 3 is 2.92 bits per heavy atom. The molecule has 1 fully saturated rings. The SMILES string of the molecule is O=C(NC1COC1)C1=CCCC=C1.[HH]. The summed E-state index contributed by atoms with van der Waals surface area (Å²) >= 11 is 0. The highest BCUT2D eigenvalue weighted by Crippen LogP contribution is 2.10. The number of ether oxygens (including phenoxy) is 1. The number of allylic oxidation sites excluding steroid dienone is 2. The number of hydrogen-bond acceptors (Lipinski definition) is 2. The standard InChI is InChI=1S/C10H13NO2.H2/c12-10(11-9-6-13-7-9)8-4-2-1-3-5-8;/h2,4-5,9H,1,3,6-7H2,(H,11,12);1H. The van der Waals surface area contributed by atoms with E-state index in [9.17, 15) is 4.79 Å². The van der Waals surface area contributed by atoms with E-state index in [-0.39, 0.29) is 13.4 Å². The Morgan fingerprint density at radius 1 is 1.54 bits per heavy atom. The monoisotopic (exact) mass is 181 g/mol. The zero-order valence-electron chi connectivity index (χ0n) is 7.45. The molecule has 13 heavy (non-hydrogen) atoms. The van der Waals surface area contributed by atoms with Gasteiger partial charge in [0.05, 0.1) is 19.3 Å². The molecular formula is C10H15NO2. The van der Waals surface area contributed by atoms with E-state index in [4.69, 9.17) is 4.74 Å². The lowest BCUT2D eigenvalue weighted by atomic mass is 10.1. The molecule has 1 aliphatic carbocycles. The highest BCUT2D eigenvalue weighted by molar-refractivity contribution is 5.96. The van der Waals surface area contributed by atoms with Gasteiger partial charge in [-0.1, -0.05) is 18.2 Å². The van der Waals surface area contributed by atoms with Crippen LogP contribution >= 0.6 is 0 Å². The predicted molar refractivity (Wildman–Crippen MR) is 51.3 cm³/mol. The van der Waals surface area contributed by atoms with Crippen molar-refractivity contribution in [3.8, 4) is 0 Å². The first kappa shape index (κ1) is 8.51. The van der Waals surface area contributed by atoms with E-state index in [1.807, 2.05) is 18.2 Å². The van der Waals surface area contributed by atoms with Gasteiger partial charge in [-0.2, -0.15) is 0 Å². The van der Waals surface area contributed by atoms with Gasteiger partial charge in [0.25, 0.3) is 5.91 Å². The number of carbonyl (C=O) groups excluding carboxylic acids is 1. The summed E-state index contributed by atoms with van der Waals surface area (Å²) in [4.78, 5) is 11.5. The van der Waals surface area contributed by atoms with Crippen LogP contribution in [-0.2, 0) is 9.53 Å². The second-order valence-corrected chi connectivity index (χ2v) is 3.35. The summed E-state index contributed by atoms with van der Waals surface area (Å²) in [6.45, 7) is 1.31. The van der Waals surface area contributed by atoms with Crippen LogP contribution in [0.25, 0.3) is 0 Å². The van der Waals surface area contributed by atoms with Crippen LogP contribution in [0, 0.1) is 0 Å². The van der Waals surface area contributed by atoms with Crippen molar-refractivity contribution in [2.75, 3.05) is 13.2 Å². The van der Waals surface area contributed by atoms with E-state index in [1.165, 1.54) is 0 Å². The molecule has 2 rings (SSSR count). The molecule has 0 saturated carbocycles. The van der Waals surface area contributed by atoms with Gasteiger partial charge in [0.1, 0.15) is 0 Å². The van der Waals surface area contributed by atoms with Gasteiger partial charge >= 0.3 is 0 Å². The highest BCUT2D eigenvalue weighted by atomic mass is 16.5. The first-order valence-electron chi connectivity index (χ1n) is 4.61. The van der Waals surface area contributed by atoms with Crippen LogP contribution in [-0.4, -0.2) is 25.2 Å². The van der Waals surface area contributed by atoms with Gasteiger partial charge in [-0.25, -0.2) is 0 Å². The zero-order valence-corrected chi connectivity index (χ0v) is 7.45.